The van der Waals surface area contributed by atoms with E-state index in [-0.39, 0.29) is 0 Å². The summed E-state index contributed by atoms with van der Waals surface area (Å²) in [5, 5.41) is 4.36. The number of imidazole rings is 1. The van der Waals surface area contributed by atoms with Gasteiger partial charge in [0.2, 0.25) is 5.95 Å². The van der Waals surface area contributed by atoms with E-state index in [4.69, 9.17) is 5.73 Å². The number of aromatic nitrogens is 2. The number of anilines is 1. The number of nitrogen functional groups attached to an aromatic ring is 1. The minimum Gasteiger partial charge on any atom is -0.368 e. The van der Waals surface area contributed by atoms with Crippen LogP contribution < -0.4 is 5.73 Å². The molecule has 0 amide bonds. The van der Waals surface area contributed by atoms with Gasteiger partial charge in [-0.1, -0.05) is 52.0 Å². The van der Waals surface area contributed by atoms with Crippen molar-refractivity contribution >= 4 is 12.2 Å². The molecule has 5 heteroatoms. The molecule has 5 nitrogen and oxygen atoms in total. The van der Waals surface area contributed by atoms with Gasteiger partial charge >= 0.3 is 0 Å². The summed E-state index contributed by atoms with van der Waals surface area (Å²) in [6.07, 6.45) is 3.62. The molecule has 0 aliphatic carbocycles. The molecule has 0 saturated heterocycles. The van der Waals surface area contributed by atoms with E-state index < -0.39 is 0 Å². The molecule has 1 aromatic carbocycles. The van der Waals surface area contributed by atoms with Crippen LogP contribution in [-0.4, -0.2) is 33.9 Å². The minimum atomic E-state index is 0.406. The molecule has 0 aliphatic heterocycles. The van der Waals surface area contributed by atoms with E-state index in [2.05, 4.69) is 66.9 Å². The summed E-state index contributed by atoms with van der Waals surface area (Å²) in [4.78, 5) is 6.67. The van der Waals surface area contributed by atoms with E-state index in [0.29, 0.717) is 17.8 Å². The highest BCUT2D eigenvalue weighted by Crippen LogP contribution is 2.11. The Morgan fingerprint density at radius 3 is 2.20 bits per heavy atom. The third-order valence-electron chi connectivity index (χ3n) is 3.80. The quantitative estimate of drug-likeness (QED) is 0.744. The van der Waals surface area contributed by atoms with Crippen LogP contribution in [0.25, 0.3) is 0 Å². The predicted molar refractivity (Wildman–Crippen MR) is 106 cm³/mol. The van der Waals surface area contributed by atoms with Crippen molar-refractivity contribution in [2.24, 2.45) is 16.9 Å². The van der Waals surface area contributed by atoms with Crippen LogP contribution >= 0.6 is 0 Å². The zero-order valence-corrected chi connectivity index (χ0v) is 16.1. The van der Waals surface area contributed by atoms with Crippen molar-refractivity contribution in [1.29, 1.82) is 0 Å². The van der Waals surface area contributed by atoms with Crippen LogP contribution in [-0.2, 0) is 6.54 Å². The molecular weight excluding hydrogens is 310 g/mol. The number of benzene rings is 1. The first-order valence-electron chi connectivity index (χ1n) is 9.00. The van der Waals surface area contributed by atoms with Crippen LogP contribution in [0.1, 0.15) is 44.5 Å². The van der Waals surface area contributed by atoms with Gasteiger partial charge in [0.25, 0.3) is 0 Å². The lowest BCUT2D eigenvalue weighted by Gasteiger charge is -2.26. The van der Waals surface area contributed by atoms with E-state index in [1.54, 1.807) is 10.9 Å². The Kier molecular flexibility index (Phi) is 6.76. The highest BCUT2D eigenvalue weighted by Gasteiger charge is 2.10. The van der Waals surface area contributed by atoms with Gasteiger partial charge in [-0.25, -0.2) is 9.66 Å². The summed E-state index contributed by atoms with van der Waals surface area (Å²) in [7, 11) is 0. The van der Waals surface area contributed by atoms with Gasteiger partial charge in [0.05, 0.1) is 18.1 Å². The second kappa shape index (κ2) is 8.81. The topological polar surface area (TPSA) is 59.4 Å². The van der Waals surface area contributed by atoms with Crippen LogP contribution in [0.2, 0.25) is 0 Å². The summed E-state index contributed by atoms with van der Waals surface area (Å²) in [5.41, 5.74) is 9.04. The number of hydrogen-bond acceptors (Lipinski definition) is 4. The Morgan fingerprint density at radius 2 is 1.72 bits per heavy atom. The smallest absolute Gasteiger partial charge is 0.221 e. The van der Waals surface area contributed by atoms with Crippen molar-refractivity contribution < 1.29 is 0 Å². The van der Waals surface area contributed by atoms with E-state index in [1.807, 2.05) is 13.1 Å². The van der Waals surface area contributed by atoms with Crippen molar-refractivity contribution in [3.05, 3.63) is 47.3 Å². The SMILES string of the molecule is Cc1cn(N=Cc2ccc(CN(CC(C)C)CC(C)C)cc2)c(N)n1. The van der Waals surface area contributed by atoms with Crippen molar-refractivity contribution in [2.45, 2.75) is 41.2 Å². The first-order valence-corrected chi connectivity index (χ1v) is 9.00. The summed E-state index contributed by atoms with van der Waals surface area (Å²) in [5.74, 6) is 1.76. The van der Waals surface area contributed by atoms with E-state index in [1.165, 1.54) is 5.56 Å². The largest absolute Gasteiger partial charge is 0.368 e. The Morgan fingerprint density at radius 1 is 1.12 bits per heavy atom. The van der Waals surface area contributed by atoms with Crippen molar-refractivity contribution in [3.8, 4) is 0 Å². The number of aryl methyl sites for hydroxylation is 1. The van der Waals surface area contributed by atoms with E-state index in [0.717, 1.165) is 30.9 Å². The van der Waals surface area contributed by atoms with Gasteiger partial charge in [0.15, 0.2) is 0 Å². The Hall–Kier alpha value is -2.14. The molecule has 136 valence electrons. The van der Waals surface area contributed by atoms with Crippen LogP contribution in [0.3, 0.4) is 0 Å². The summed E-state index contributed by atoms with van der Waals surface area (Å²) in [6, 6.07) is 8.55. The lowest BCUT2D eigenvalue weighted by Crippen LogP contribution is -2.30. The second-order valence-corrected chi connectivity index (χ2v) is 7.55. The first-order chi connectivity index (χ1) is 11.8. The maximum absolute atomic E-state index is 5.80. The average Bonchev–Trinajstić information content (AvgIpc) is 2.83. The Balaban J connectivity index is 2.01. The molecule has 0 spiro atoms. The zero-order valence-electron chi connectivity index (χ0n) is 16.1. The third-order valence-corrected chi connectivity index (χ3v) is 3.80. The molecule has 0 saturated carbocycles. The van der Waals surface area contributed by atoms with Crippen LogP contribution in [0.15, 0.2) is 35.6 Å². The van der Waals surface area contributed by atoms with Crippen molar-refractivity contribution in [3.63, 3.8) is 0 Å². The van der Waals surface area contributed by atoms with Gasteiger partial charge in [-0.15, -0.1) is 0 Å². The van der Waals surface area contributed by atoms with Gasteiger partial charge in [-0.05, 0) is 29.9 Å². The van der Waals surface area contributed by atoms with Crippen LogP contribution in [0.5, 0.6) is 0 Å². The first kappa shape index (κ1) is 19.2. The lowest BCUT2D eigenvalue weighted by atomic mass is 10.1. The van der Waals surface area contributed by atoms with E-state index in [9.17, 15) is 0 Å². The average molecular weight is 342 g/mol. The molecule has 2 N–H and O–H groups in total. The minimum absolute atomic E-state index is 0.406. The molecule has 25 heavy (non-hydrogen) atoms. The molecule has 1 heterocycles. The highest BCUT2D eigenvalue weighted by molar-refractivity contribution is 5.79. The fourth-order valence-corrected chi connectivity index (χ4v) is 2.93. The molecule has 2 rings (SSSR count). The van der Waals surface area contributed by atoms with Gasteiger partial charge in [-0.3, -0.25) is 4.90 Å². The molecule has 0 fully saturated rings. The molecule has 0 radical (unpaired) electrons. The predicted octanol–water partition coefficient (Wildman–Crippen LogP) is 3.77. The Labute approximate surface area is 151 Å². The molecule has 0 unspecified atom stereocenters. The van der Waals surface area contributed by atoms with Gasteiger partial charge < -0.3 is 5.73 Å². The van der Waals surface area contributed by atoms with Crippen LogP contribution in [0.4, 0.5) is 5.95 Å². The number of nitrogens with zero attached hydrogens (tertiary/aromatic N) is 4. The Bertz CT molecular complexity index is 673. The van der Waals surface area contributed by atoms with Crippen LogP contribution in [0, 0.1) is 18.8 Å². The van der Waals surface area contributed by atoms with E-state index >= 15 is 0 Å². The number of rotatable bonds is 8. The maximum Gasteiger partial charge on any atom is 0.221 e. The molecule has 2 aromatic rings. The number of nitrogens with two attached hydrogens (primary N) is 1. The fraction of sp³-hybridized carbons (Fsp3) is 0.500. The lowest BCUT2D eigenvalue weighted by molar-refractivity contribution is 0.211. The normalized spacial score (nSPS) is 12.2. The summed E-state index contributed by atoms with van der Waals surface area (Å²) >= 11 is 0. The maximum atomic E-state index is 5.80. The molecule has 0 bridgehead atoms. The summed E-state index contributed by atoms with van der Waals surface area (Å²) in [6.45, 7) is 14.2. The second-order valence-electron chi connectivity index (χ2n) is 7.55. The van der Waals surface area contributed by atoms with Crippen molar-refractivity contribution in [2.75, 3.05) is 18.8 Å². The van der Waals surface area contributed by atoms with Crippen molar-refractivity contribution in [1.82, 2.24) is 14.6 Å². The van der Waals surface area contributed by atoms with Gasteiger partial charge in [0.1, 0.15) is 0 Å². The third kappa shape index (κ3) is 6.35. The fourth-order valence-electron chi connectivity index (χ4n) is 2.93. The molecular formula is C20H31N5. The summed E-state index contributed by atoms with van der Waals surface area (Å²) < 4.78 is 1.59. The zero-order chi connectivity index (χ0) is 18.4. The molecule has 0 atom stereocenters. The molecule has 0 aliphatic rings. The monoisotopic (exact) mass is 341 g/mol. The standard InChI is InChI=1S/C20H31N5/c1-15(2)11-24(12-16(3)4)14-19-8-6-18(7-9-19)10-22-25-13-17(5)23-20(25)21/h6-10,13,15-16H,11-12,14H2,1-5H3,(H2,21,23). The van der Waals surface area contributed by atoms with Gasteiger partial charge in [-0.2, -0.15) is 5.10 Å². The molecule has 1 aromatic heterocycles. The highest BCUT2D eigenvalue weighted by atomic mass is 15.4. The van der Waals surface area contributed by atoms with Gasteiger partial charge in [0, 0.05) is 19.6 Å². The number of hydrogen-bond donors (Lipinski definition) is 1.